The molecule has 0 atom stereocenters. The van der Waals surface area contributed by atoms with Crippen molar-refractivity contribution in [1.82, 2.24) is 15.0 Å². The standard InChI is InChI=1S/C10H8IN3O/c1-7-2-3-9(6-12-7)15-10-13-4-8(11)5-14-10/h2-6H,1H3. The van der Waals surface area contributed by atoms with Crippen molar-refractivity contribution in [2.45, 2.75) is 6.92 Å². The monoisotopic (exact) mass is 313 g/mol. The molecule has 0 aromatic carbocycles. The van der Waals surface area contributed by atoms with Gasteiger partial charge in [-0.15, -0.1) is 0 Å². The Bertz CT molecular complexity index is 398. The van der Waals surface area contributed by atoms with Crippen LogP contribution in [0, 0.1) is 10.5 Å². The van der Waals surface area contributed by atoms with Crippen LogP contribution in [0.15, 0.2) is 30.7 Å². The Morgan fingerprint density at radius 1 is 1.07 bits per heavy atom. The summed E-state index contributed by atoms with van der Waals surface area (Å²) < 4.78 is 6.37. The van der Waals surface area contributed by atoms with Gasteiger partial charge in [-0.1, -0.05) is 0 Å². The number of nitrogens with zero attached hydrogens (tertiary/aromatic N) is 3. The zero-order valence-corrected chi connectivity index (χ0v) is 10.2. The van der Waals surface area contributed by atoms with E-state index in [-0.39, 0.29) is 0 Å². The molecule has 2 rings (SSSR count). The first-order valence-electron chi connectivity index (χ1n) is 4.32. The summed E-state index contributed by atoms with van der Waals surface area (Å²) in [5.41, 5.74) is 0.950. The predicted octanol–water partition coefficient (Wildman–Crippen LogP) is 2.58. The van der Waals surface area contributed by atoms with E-state index in [1.165, 1.54) is 0 Å². The maximum atomic E-state index is 5.40. The molecule has 0 saturated carbocycles. The molecule has 0 fully saturated rings. The summed E-state index contributed by atoms with van der Waals surface area (Å²) in [5, 5.41) is 0. The average molecular weight is 313 g/mol. The van der Waals surface area contributed by atoms with E-state index in [2.05, 4.69) is 37.5 Å². The fraction of sp³-hybridized carbons (Fsp3) is 0.100. The van der Waals surface area contributed by atoms with Gasteiger partial charge < -0.3 is 4.74 Å². The Balaban J connectivity index is 2.15. The van der Waals surface area contributed by atoms with E-state index >= 15 is 0 Å². The summed E-state index contributed by atoms with van der Waals surface area (Å²) >= 11 is 2.14. The number of aryl methyl sites for hydroxylation is 1. The van der Waals surface area contributed by atoms with Crippen LogP contribution in [0.4, 0.5) is 0 Å². The zero-order valence-electron chi connectivity index (χ0n) is 8.01. The first-order valence-corrected chi connectivity index (χ1v) is 5.40. The Morgan fingerprint density at radius 3 is 2.40 bits per heavy atom. The molecule has 5 heteroatoms. The maximum absolute atomic E-state index is 5.40. The Hall–Kier alpha value is -1.24. The third kappa shape index (κ3) is 2.85. The number of aromatic nitrogens is 3. The minimum Gasteiger partial charge on any atom is -0.423 e. The van der Waals surface area contributed by atoms with E-state index in [1.807, 2.05) is 19.1 Å². The number of halogens is 1. The van der Waals surface area contributed by atoms with Crippen LogP contribution in [0.5, 0.6) is 11.8 Å². The highest BCUT2D eigenvalue weighted by Gasteiger charge is 1.99. The summed E-state index contributed by atoms with van der Waals surface area (Å²) in [4.78, 5) is 12.2. The van der Waals surface area contributed by atoms with Gasteiger partial charge in [0.1, 0.15) is 5.75 Å². The topological polar surface area (TPSA) is 47.9 Å². The number of rotatable bonds is 2. The number of hydrogen-bond donors (Lipinski definition) is 0. The van der Waals surface area contributed by atoms with E-state index < -0.39 is 0 Å². The first kappa shape index (κ1) is 10.3. The zero-order chi connectivity index (χ0) is 10.7. The van der Waals surface area contributed by atoms with Crippen molar-refractivity contribution in [3.63, 3.8) is 0 Å². The summed E-state index contributed by atoms with van der Waals surface area (Å²) in [6.07, 6.45) is 5.05. The largest absolute Gasteiger partial charge is 0.423 e. The molecule has 0 amide bonds. The average Bonchev–Trinajstić information content (AvgIpc) is 2.25. The maximum Gasteiger partial charge on any atom is 0.321 e. The van der Waals surface area contributed by atoms with Gasteiger partial charge in [0.2, 0.25) is 0 Å². The highest BCUT2D eigenvalue weighted by atomic mass is 127. The molecule has 2 aromatic heterocycles. The Morgan fingerprint density at radius 2 is 1.80 bits per heavy atom. The lowest BCUT2D eigenvalue weighted by Gasteiger charge is -2.02. The lowest BCUT2D eigenvalue weighted by atomic mass is 10.4. The van der Waals surface area contributed by atoms with Crippen LogP contribution in [0.1, 0.15) is 5.69 Å². The van der Waals surface area contributed by atoms with Crippen molar-refractivity contribution < 1.29 is 4.74 Å². The van der Waals surface area contributed by atoms with Crippen LogP contribution < -0.4 is 4.74 Å². The summed E-state index contributed by atoms with van der Waals surface area (Å²) in [7, 11) is 0. The quantitative estimate of drug-likeness (QED) is 0.800. The predicted molar refractivity (Wildman–Crippen MR) is 63.8 cm³/mol. The molecule has 76 valence electrons. The van der Waals surface area contributed by atoms with E-state index in [4.69, 9.17) is 4.74 Å². The molecule has 4 nitrogen and oxygen atoms in total. The van der Waals surface area contributed by atoms with Crippen LogP contribution in [0.3, 0.4) is 0 Å². The lowest BCUT2D eigenvalue weighted by molar-refractivity contribution is 0.439. The van der Waals surface area contributed by atoms with Gasteiger partial charge in [-0.05, 0) is 41.6 Å². The van der Waals surface area contributed by atoms with Gasteiger partial charge in [-0.3, -0.25) is 4.98 Å². The van der Waals surface area contributed by atoms with Crippen LogP contribution in [0.25, 0.3) is 0 Å². The summed E-state index contributed by atoms with van der Waals surface area (Å²) in [6, 6.07) is 4.05. The molecule has 0 saturated heterocycles. The van der Waals surface area contributed by atoms with Crippen molar-refractivity contribution >= 4 is 22.6 Å². The van der Waals surface area contributed by atoms with Gasteiger partial charge in [0.25, 0.3) is 0 Å². The molecular weight excluding hydrogens is 305 g/mol. The van der Waals surface area contributed by atoms with Crippen LogP contribution >= 0.6 is 22.6 Å². The normalized spacial score (nSPS) is 10.0. The molecule has 0 bridgehead atoms. The molecule has 2 aromatic rings. The van der Waals surface area contributed by atoms with Gasteiger partial charge in [0, 0.05) is 21.7 Å². The third-order valence-corrected chi connectivity index (χ3v) is 2.25. The molecule has 0 radical (unpaired) electrons. The smallest absolute Gasteiger partial charge is 0.321 e. The fourth-order valence-corrected chi connectivity index (χ4v) is 1.25. The van der Waals surface area contributed by atoms with Crippen LogP contribution in [0.2, 0.25) is 0 Å². The Kier molecular flexibility index (Phi) is 3.10. The number of hydrogen-bond acceptors (Lipinski definition) is 4. The third-order valence-electron chi connectivity index (χ3n) is 1.69. The highest BCUT2D eigenvalue weighted by Crippen LogP contribution is 2.16. The molecule has 2 heterocycles. The number of pyridine rings is 1. The van der Waals surface area contributed by atoms with Crippen LogP contribution in [-0.2, 0) is 0 Å². The van der Waals surface area contributed by atoms with E-state index in [9.17, 15) is 0 Å². The van der Waals surface area contributed by atoms with Gasteiger partial charge in [-0.2, -0.15) is 0 Å². The van der Waals surface area contributed by atoms with Crippen molar-refractivity contribution in [3.05, 3.63) is 40.0 Å². The minimum atomic E-state index is 0.334. The summed E-state index contributed by atoms with van der Waals surface area (Å²) in [5.74, 6) is 0.641. The van der Waals surface area contributed by atoms with Crippen molar-refractivity contribution in [2.24, 2.45) is 0 Å². The second kappa shape index (κ2) is 4.52. The van der Waals surface area contributed by atoms with E-state index in [0.29, 0.717) is 11.8 Å². The lowest BCUT2D eigenvalue weighted by Crippen LogP contribution is -1.92. The van der Waals surface area contributed by atoms with Gasteiger partial charge in [0.15, 0.2) is 0 Å². The molecule has 0 aliphatic carbocycles. The molecule has 0 spiro atoms. The van der Waals surface area contributed by atoms with Gasteiger partial charge >= 0.3 is 6.01 Å². The van der Waals surface area contributed by atoms with Crippen molar-refractivity contribution in [3.8, 4) is 11.8 Å². The summed E-state index contributed by atoms with van der Waals surface area (Å²) in [6.45, 7) is 1.92. The highest BCUT2D eigenvalue weighted by molar-refractivity contribution is 14.1. The Labute approximate surface area is 101 Å². The van der Waals surface area contributed by atoms with E-state index in [1.54, 1.807) is 18.6 Å². The first-order chi connectivity index (χ1) is 7.24. The van der Waals surface area contributed by atoms with E-state index in [0.717, 1.165) is 9.26 Å². The van der Waals surface area contributed by atoms with Crippen LogP contribution in [-0.4, -0.2) is 15.0 Å². The van der Waals surface area contributed by atoms with Gasteiger partial charge in [-0.25, -0.2) is 9.97 Å². The molecular formula is C10H8IN3O. The van der Waals surface area contributed by atoms with Crippen molar-refractivity contribution in [2.75, 3.05) is 0 Å². The SMILES string of the molecule is Cc1ccc(Oc2ncc(I)cn2)cn1. The fourth-order valence-electron chi connectivity index (χ4n) is 0.973. The van der Waals surface area contributed by atoms with Crippen molar-refractivity contribution in [1.29, 1.82) is 0 Å². The van der Waals surface area contributed by atoms with Gasteiger partial charge in [0.05, 0.1) is 6.20 Å². The molecule has 0 aliphatic rings. The minimum absolute atomic E-state index is 0.334. The second-order valence-electron chi connectivity index (χ2n) is 2.92. The second-order valence-corrected chi connectivity index (χ2v) is 4.17. The number of ether oxygens (including phenoxy) is 1. The molecule has 0 N–H and O–H groups in total. The molecule has 0 unspecified atom stereocenters. The molecule has 15 heavy (non-hydrogen) atoms. The molecule has 0 aliphatic heterocycles.